The molecular weight excluding hydrogens is 378 g/mol. The number of nitrogens with zero attached hydrogens (tertiary/aromatic N) is 1. The molecule has 0 unspecified atom stereocenters. The highest BCUT2D eigenvalue weighted by molar-refractivity contribution is 5.91. The van der Waals surface area contributed by atoms with Crippen LogP contribution in [0.15, 0.2) is 36.4 Å². The summed E-state index contributed by atoms with van der Waals surface area (Å²) in [5, 5.41) is 2.44. The summed E-state index contributed by atoms with van der Waals surface area (Å²) < 4.78 is 17.4. The van der Waals surface area contributed by atoms with Crippen LogP contribution < -0.4 is 4.74 Å². The number of piperidine rings is 1. The van der Waals surface area contributed by atoms with Gasteiger partial charge in [-0.05, 0) is 56.5 Å². The van der Waals surface area contributed by atoms with Crippen molar-refractivity contribution in [3.63, 3.8) is 0 Å². The number of carbonyl (C=O) groups excluding carboxylic acids is 1. The van der Waals surface area contributed by atoms with Gasteiger partial charge in [-0.15, -0.1) is 0 Å². The highest BCUT2D eigenvalue weighted by Gasteiger charge is 2.28. The van der Waals surface area contributed by atoms with Crippen LogP contribution in [0.4, 0.5) is 4.79 Å². The maximum absolute atomic E-state index is 12.4. The predicted molar refractivity (Wildman–Crippen MR) is 118 cm³/mol. The standard InChI is InChI=1S/C25H33NO4/c1-25(2,3)30-24(27)26-14-10-18(11-15-26)20-8-9-23(22-7-5-4-6-21(20)22)29-19-12-16-28-17-13-19/h4-9,18-19H,10-17H2,1-3H3. The van der Waals surface area contributed by atoms with Gasteiger partial charge in [0.1, 0.15) is 17.5 Å². The van der Waals surface area contributed by atoms with Crippen LogP contribution in [0.1, 0.15) is 57.9 Å². The quantitative estimate of drug-likeness (QED) is 0.668. The SMILES string of the molecule is CC(C)(C)OC(=O)N1CCC(c2ccc(OC3CCOCC3)c3ccccc23)CC1. The van der Waals surface area contributed by atoms with Gasteiger partial charge in [0.05, 0.1) is 13.2 Å². The van der Waals surface area contributed by atoms with E-state index in [1.54, 1.807) is 0 Å². The van der Waals surface area contributed by atoms with E-state index in [-0.39, 0.29) is 12.2 Å². The molecule has 0 atom stereocenters. The molecule has 30 heavy (non-hydrogen) atoms. The molecule has 2 aromatic carbocycles. The van der Waals surface area contributed by atoms with E-state index in [1.165, 1.54) is 16.3 Å². The Balaban J connectivity index is 1.49. The fourth-order valence-corrected chi connectivity index (χ4v) is 4.43. The van der Waals surface area contributed by atoms with E-state index in [1.807, 2.05) is 25.7 Å². The number of ether oxygens (including phenoxy) is 3. The zero-order chi connectivity index (χ0) is 21.1. The zero-order valence-electron chi connectivity index (χ0n) is 18.4. The minimum Gasteiger partial charge on any atom is -0.490 e. The van der Waals surface area contributed by atoms with Crippen LogP contribution in [-0.2, 0) is 9.47 Å². The summed E-state index contributed by atoms with van der Waals surface area (Å²) in [4.78, 5) is 14.2. The third kappa shape index (κ3) is 4.89. The van der Waals surface area contributed by atoms with Crippen molar-refractivity contribution >= 4 is 16.9 Å². The van der Waals surface area contributed by atoms with Crippen LogP contribution in [0.5, 0.6) is 5.75 Å². The van der Waals surface area contributed by atoms with Crippen molar-refractivity contribution in [2.45, 2.75) is 64.1 Å². The molecule has 0 saturated carbocycles. The average molecular weight is 412 g/mol. The molecule has 2 saturated heterocycles. The number of rotatable bonds is 3. The Labute approximate surface area is 179 Å². The first-order valence-electron chi connectivity index (χ1n) is 11.1. The molecular formula is C25H33NO4. The van der Waals surface area contributed by atoms with E-state index in [0.29, 0.717) is 5.92 Å². The predicted octanol–water partition coefficient (Wildman–Crippen LogP) is 5.51. The lowest BCUT2D eigenvalue weighted by molar-refractivity contribution is 0.0205. The first kappa shape index (κ1) is 21.0. The lowest BCUT2D eigenvalue weighted by Gasteiger charge is -2.34. The Morgan fingerprint density at radius 3 is 2.30 bits per heavy atom. The number of likely N-dealkylation sites (tertiary alicyclic amines) is 1. The van der Waals surface area contributed by atoms with Crippen molar-refractivity contribution in [2.24, 2.45) is 0 Å². The van der Waals surface area contributed by atoms with Gasteiger partial charge in [-0.25, -0.2) is 4.79 Å². The smallest absolute Gasteiger partial charge is 0.410 e. The van der Waals surface area contributed by atoms with Gasteiger partial charge in [-0.3, -0.25) is 0 Å². The van der Waals surface area contributed by atoms with Gasteiger partial charge in [0.15, 0.2) is 0 Å². The van der Waals surface area contributed by atoms with Crippen molar-refractivity contribution in [2.75, 3.05) is 26.3 Å². The van der Waals surface area contributed by atoms with E-state index >= 15 is 0 Å². The van der Waals surface area contributed by atoms with Crippen molar-refractivity contribution in [3.05, 3.63) is 42.0 Å². The summed E-state index contributed by atoms with van der Waals surface area (Å²) in [5.41, 5.74) is 0.901. The van der Waals surface area contributed by atoms with Crippen LogP contribution in [0.3, 0.4) is 0 Å². The van der Waals surface area contributed by atoms with E-state index in [0.717, 1.165) is 57.7 Å². The molecule has 2 heterocycles. The summed E-state index contributed by atoms with van der Waals surface area (Å²) in [5.74, 6) is 1.40. The van der Waals surface area contributed by atoms with E-state index < -0.39 is 5.60 Å². The molecule has 2 fully saturated rings. The molecule has 2 aromatic rings. The molecule has 162 valence electrons. The molecule has 0 spiro atoms. The average Bonchev–Trinajstić information content (AvgIpc) is 2.74. The fraction of sp³-hybridized carbons (Fsp3) is 0.560. The maximum Gasteiger partial charge on any atom is 0.410 e. The number of fused-ring (bicyclic) bond motifs is 1. The van der Waals surface area contributed by atoms with Gasteiger partial charge in [0, 0.05) is 31.3 Å². The van der Waals surface area contributed by atoms with Crippen molar-refractivity contribution < 1.29 is 19.0 Å². The maximum atomic E-state index is 12.4. The Bertz CT molecular complexity index is 874. The minimum atomic E-state index is -0.454. The number of hydrogen-bond acceptors (Lipinski definition) is 4. The molecule has 0 radical (unpaired) electrons. The minimum absolute atomic E-state index is 0.203. The number of amides is 1. The Kier molecular flexibility index (Phi) is 6.19. The highest BCUT2D eigenvalue weighted by atomic mass is 16.6. The van der Waals surface area contributed by atoms with Gasteiger partial charge in [-0.2, -0.15) is 0 Å². The summed E-state index contributed by atoms with van der Waals surface area (Å²) in [6, 6.07) is 12.9. The summed E-state index contributed by atoms with van der Waals surface area (Å²) in [6.45, 7) is 8.74. The van der Waals surface area contributed by atoms with Gasteiger partial charge >= 0.3 is 6.09 Å². The summed E-state index contributed by atoms with van der Waals surface area (Å²) in [7, 11) is 0. The highest BCUT2D eigenvalue weighted by Crippen LogP contribution is 2.37. The number of carbonyl (C=O) groups is 1. The van der Waals surface area contributed by atoms with Crippen molar-refractivity contribution in [3.8, 4) is 5.75 Å². The second-order valence-electron chi connectivity index (χ2n) is 9.37. The lowest BCUT2D eigenvalue weighted by atomic mass is 9.86. The lowest BCUT2D eigenvalue weighted by Crippen LogP contribution is -2.41. The second kappa shape index (κ2) is 8.84. The molecule has 2 aliphatic heterocycles. The molecule has 0 aliphatic carbocycles. The van der Waals surface area contributed by atoms with Crippen LogP contribution in [0.2, 0.25) is 0 Å². The van der Waals surface area contributed by atoms with Crippen LogP contribution in [0.25, 0.3) is 10.8 Å². The third-order valence-electron chi connectivity index (χ3n) is 5.97. The molecule has 2 aliphatic rings. The number of hydrogen-bond donors (Lipinski definition) is 0. The van der Waals surface area contributed by atoms with Gasteiger partial charge in [-0.1, -0.05) is 30.3 Å². The molecule has 0 N–H and O–H groups in total. The summed E-state index contributed by atoms with van der Waals surface area (Å²) in [6.07, 6.45) is 3.81. The first-order valence-corrected chi connectivity index (χ1v) is 11.1. The molecule has 5 heteroatoms. The van der Waals surface area contributed by atoms with E-state index in [2.05, 4.69) is 36.4 Å². The fourth-order valence-electron chi connectivity index (χ4n) is 4.43. The first-order chi connectivity index (χ1) is 14.4. The zero-order valence-corrected chi connectivity index (χ0v) is 18.4. The number of benzene rings is 2. The van der Waals surface area contributed by atoms with Crippen molar-refractivity contribution in [1.29, 1.82) is 0 Å². The molecule has 0 aromatic heterocycles. The second-order valence-corrected chi connectivity index (χ2v) is 9.37. The molecule has 1 amide bonds. The topological polar surface area (TPSA) is 48.0 Å². The molecule has 0 bridgehead atoms. The Morgan fingerprint density at radius 2 is 1.63 bits per heavy atom. The Hall–Kier alpha value is -2.27. The van der Waals surface area contributed by atoms with E-state index in [9.17, 15) is 4.79 Å². The third-order valence-corrected chi connectivity index (χ3v) is 5.97. The van der Waals surface area contributed by atoms with Crippen LogP contribution in [0, 0.1) is 0 Å². The van der Waals surface area contributed by atoms with Crippen molar-refractivity contribution in [1.82, 2.24) is 4.90 Å². The summed E-state index contributed by atoms with van der Waals surface area (Å²) >= 11 is 0. The largest absolute Gasteiger partial charge is 0.490 e. The monoisotopic (exact) mass is 411 g/mol. The van der Waals surface area contributed by atoms with Gasteiger partial charge in [0.25, 0.3) is 0 Å². The van der Waals surface area contributed by atoms with Gasteiger partial charge < -0.3 is 19.1 Å². The van der Waals surface area contributed by atoms with Crippen LogP contribution in [-0.4, -0.2) is 49.0 Å². The van der Waals surface area contributed by atoms with E-state index in [4.69, 9.17) is 14.2 Å². The van der Waals surface area contributed by atoms with Crippen LogP contribution >= 0.6 is 0 Å². The normalized spacial score (nSPS) is 19.1. The molecule has 4 rings (SSSR count). The Morgan fingerprint density at radius 1 is 0.967 bits per heavy atom. The molecule has 5 nitrogen and oxygen atoms in total. The van der Waals surface area contributed by atoms with Gasteiger partial charge in [0.2, 0.25) is 0 Å².